The van der Waals surface area contributed by atoms with Crippen LogP contribution in [0.15, 0.2) is 6.20 Å². The third kappa shape index (κ3) is 1.37. The normalized spacial score (nSPS) is 13.4. The number of nitrogen functional groups attached to an aromatic ring is 1. The van der Waals surface area contributed by atoms with E-state index >= 15 is 0 Å². The number of nitrogens with two attached hydrogens (primary N) is 1. The fraction of sp³-hybridized carbons (Fsp3) is 0.625. The minimum absolute atomic E-state index is 0.451. The van der Waals surface area contributed by atoms with Crippen molar-refractivity contribution in [2.24, 2.45) is 0 Å². The van der Waals surface area contributed by atoms with Crippen molar-refractivity contribution in [2.75, 3.05) is 5.73 Å². The number of anilines is 1. The lowest BCUT2D eigenvalue weighted by atomic mass is 10.2. The zero-order valence-corrected chi connectivity index (χ0v) is 7.33. The molecule has 0 aromatic carbocycles. The highest BCUT2D eigenvalue weighted by Gasteiger charge is 2.07. The second-order valence-corrected chi connectivity index (χ2v) is 2.89. The van der Waals surface area contributed by atoms with Crippen LogP contribution in [-0.2, 0) is 0 Å². The Morgan fingerprint density at radius 2 is 2.36 bits per heavy atom. The summed E-state index contributed by atoms with van der Waals surface area (Å²) in [4.78, 5) is 0. The molecular weight excluding hydrogens is 138 g/mol. The molecule has 62 valence electrons. The first kappa shape index (κ1) is 8.11. The minimum atomic E-state index is 0.451. The molecule has 0 bridgehead atoms. The summed E-state index contributed by atoms with van der Waals surface area (Å²) < 4.78 is 1.97. The maximum atomic E-state index is 5.65. The van der Waals surface area contributed by atoms with E-state index in [0.717, 1.165) is 17.8 Å². The monoisotopic (exact) mass is 153 g/mol. The predicted molar refractivity (Wildman–Crippen MR) is 46.4 cm³/mol. The van der Waals surface area contributed by atoms with Gasteiger partial charge in [-0.25, -0.2) is 0 Å². The Bertz CT molecular complexity index is 239. The van der Waals surface area contributed by atoms with E-state index in [9.17, 15) is 0 Å². The molecule has 1 aromatic rings. The molecule has 3 heteroatoms. The summed E-state index contributed by atoms with van der Waals surface area (Å²) in [5.74, 6) is 0. The Labute approximate surface area is 67.2 Å². The number of nitrogens with zero attached hydrogens (tertiary/aromatic N) is 2. The second-order valence-electron chi connectivity index (χ2n) is 2.89. The molecule has 1 aromatic heterocycles. The van der Waals surface area contributed by atoms with Crippen LogP contribution in [0.25, 0.3) is 0 Å². The van der Waals surface area contributed by atoms with E-state index < -0.39 is 0 Å². The highest BCUT2D eigenvalue weighted by atomic mass is 15.3. The van der Waals surface area contributed by atoms with Crippen LogP contribution in [-0.4, -0.2) is 9.78 Å². The van der Waals surface area contributed by atoms with Crippen molar-refractivity contribution in [1.82, 2.24) is 9.78 Å². The molecule has 0 saturated carbocycles. The van der Waals surface area contributed by atoms with Crippen LogP contribution in [0.2, 0.25) is 0 Å². The third-order valence-corrected chi connectivity index (χ3v) is 2.09. The van der Waals surface area contributed by atoms with Gasteiger partial charge in [-0.15, -0.1) is 0 Å². The van der Waals surface area contributed by atoms with E-state index in [1.54, 1.807) is 6.20 Å². The van der Waals surface area contributed by atoms with Gasteiger partial charge < -0.3 is 5.73 Å². The molecule has 0 aliphatic rings. The molecule has 0 fully saturated rings. The first-order valence-electron chi connectivity index (χ1n) is 3.96. The summed E-state index contributed by atoms with van der Waals surface area (Å²) in [5, 5.41) is 4.18. The molecule has 11 heavy (non-hydrogen) atoms. The summed E-state index contributed by atoms with van der Waals surface area (Å²) in [6, 6.07) is 0.451. The van der Waals surface area contributed by atoms with Gasteiger partial charge in [0.1, 0.15) is 0 Å². The SMILES string of the molecule is CC[C@@H](C)n1ncc(N)c1C. The molecule has 0 amide bonds. The summed E-state index contributed by atoms with van der Waals surface area (Å²) in [6.45, 7) is 6.27. The van der Waals surface area contributed by atoms with Crippen molar-refractivity contribution in [3.05, 3.63) is 11.9 Å². The number of hydrogen-bond acceptors (Lipinski definition) is 2. The summed E-state index contributed by atoms with van der Waals surface area (Å²) in [5.41, 5.74) is 7.50. The van der Waals surface area contributed by atoms with E-state index in [-0.39, 0.29) is 0 Å². The van der Waals surface area contributed by atoms with Crippen LogP contribution in [0, 0.1) is 6.92 Å². The van der Waals surface area contributed by atoms with E-state index in [4.69, 9.17) is 5.73 Å². The van der Waals surface area contributed by atoms with Crippen LogP contribution in [0.4, 0.5) is 5.69 Å². The second kappa shape index (κ2) is 2.95. The lowest BCUT2D eigenvalue weighted by Gasteiger charge is -2.10. The molecule has 1 atom stereocenters. The maximum Gasteiger partial charge on any atom is 0.0730 e. The summed E-state index contributed by atoms with van der Waals surface area (Å²) in [7, 11) is 0. The van der Waals surface area contributed by atoms with Crippen molar-refractivity contribution in [1.29, 1.82) is 0 Å². The van der Waals surface area contributed by atoms with Crippen molar-refractivity contribution < 1.29 is 0 Å². The topological polar surface area (TPSA) is 43.8 Å². The quantitative estimate of drug-likeness (QED) is 0.703. The molecule has 0 spiro atoms. The molecule has 3 nitrogen and oxygen atoms in total. The van der Waals surface area contributed by atoms with E-state index in [1.165, 1.54) is 0 Å². The third-order valence-electron chi connectivity index (χ3n) is 2.09. The van der Waals surface area contributed by atoms with Crippen LogP contribution in [0.5, 0.6) is 0 Å². The van der Waals surface area contributed by atoms with Gasteiger partial charge in [0.25, 0.3) is 0 Å². The molecule has 0 unspecified atom stereocenters. The summed E-state index contributed by atoms with van der Waals surface area (Å²) >= 11 is 0. The average Bonchev–Trinajstić information content (AvgIpc) is 2.32. The van der Waals surface area contributed by atoms with E-state index in [2.05, 4.69) is 18.9 Å². The Morgan fingerprint density at radius 1 is 1.73 bits per heavy atom. The molecule has 0 radical (unpaired) electrons. The molecule has 0 saturated heterocycles. The number of hydrogen-bond donors (Lipinski definition) is 1. The van der Waals surface area contributed by atoms with Crippen LogP contribution >= 0.6 is 0 Å². The lowest BCUT2D eigenvalue weighted by Crippen LogP contribution is -2.07. The van der Waals surface area contributed by atoms with Gasteiger partial charge in [0.15, 0.2) is 0 Å². The maximum absolute atomic E-state index is 5.65. The van der Waals surface area contributed by atoms with Crippen LogP contribution in [0.3, 0.4) is 0 Å². The number of rotatable bonds is 2. The first-order valence-corrected chi connectivity index (χ1v) is 3.96. The fourth-order valence-corrected chi connectivity index (χ4v) is 1.05. The minimum Gasteiger partial charge on any atom is -0.396 e. The highest BCUT2D eigenvalue weighted by Crippen LogP contribution is 2.16. The van der Waals surface area contributed by atoms with Gasteiger partial charge in [-0.3, -0.25) is 4.68 Å². The van der Waals surface area contributed by atoms with E-state index in [0.29, 0.717) is 6.04 Å². The fourth-order valence-electron chi connectivity index (χ4n) is 1.05. The van der Waals surface area contributed by atoms with Gasteiger partial charge in [-0.05, 0) is 20.3 Å². The predicted octanol–water partition coefficient (Wildman–Crippen LogP) is 1.74. The van der Waals surface area contributed by atoms with Crippen molar-refractivity contribution in [3.63, 3.8) is 0 Å². The highest BCUT2D eigenvalue weighted by molar-refractivity contribution is 5.39. The standard InChI is InChI=1S/C8H15N3/c1-4-6(2)11-7(3)8(9)5-10-11/h5-6H,4,9H2,1-3H3/t6-/m1/s1. The Hall–Kier alpha value is -0.990. The van der Waals surface area contributed by atoms with E-state index in [1.807, 2.05) is 11.6 Å². The van der Waals surface area contributed by atoms with Gasteiger partial charge in [0, 0.05) is 6.04 Å². The largest absolute Gasteiger partial charge is 0.396 e. The van der Waals surface area contributed by atoms with Crippen molar-refractivity contribution in [2.45, 2.75) is 33.2 Å². The van der Waals surface area contributed by atoms with Gasteiger partial charge in [0.2, 0.25) is 0 Å². The first-order chi connectivity index (χ1) is 5.16. The molecule has 1 heterocycles. The lowest BCUT2D eigenvalue weighted by molar-refractivity contribution is 0.468. The van der Waals surface area contributed by atoms with Gasteiger partial charge >= 0.3 is 0 Å². The molecule has 2 N–H and O–H groups in total. The summed E-state index contributed by atoms with van der Waals surface area (Å²) in [6.07, 6.45) is 2.80. The Kier molecular flexibility index (Phi) is 2.17. The van der Waals surface area contributed by atoms with Crippen LogP contribution in [0.1, 0.15) is 32.0 Å². The molecule has 0 aliphatic heterocycles. The van der Waals surface area contributed by atoms with Crippen molar-refractivity contribution in [3.8, 4) is 0 Å². The van der Waals surface area contributed by atoms with Gasteiger partial charge in [0.05, 0.1) is 17.6 Å². The number of aromatic nitrogens is 2. The smallest absolute Gasteiger partial charge is 0.0730 e. The molecule has 1 rings (SSSR count). The molecular formula is C8H15N3. The zero-order valence-electron chi connectivity index (χ0n) is 7.33. The zero-order chi connectivity index (χ0) is 8.43. The average molecular weight is 153 g/mol. The Balaban J connectivity index is 2.94. The van der Waals surface area contributed by atoms with Gasteiger partial charge in [-0.1, -0.05) is 6.92 Å². The van der Waals surface area contributed by atoms with Gasteiger partial charge in [-0.2, -0.15) is 5.10 Å². The molecule has 0 aliphatic carbocycles. The Morgan fingerprint density at radius 3 is 2.73 bits per heavy atom. The van der Waals surface area contributed by atoms with Crippen molar-refractivity contribution >= 4 is 5.69 Å². The van der Waals surface area contributed by atoms with Crippen LogP contribution < -0.4 is 5.73 Å².